The molecule has 6 heteroatoms. The number of halogens is 1. The van der Waals surface area contributed by atoms with Crippen LogP contribution in [0.15, 0.2) is 45.9 Å². The molecule has 0 spiro atoms. The van der Waals surface area contributed by atoms with E-state index in [0.717, 1.165) is 24.0 Å². The molecular weight excluding hydrogens is 439 g/mol. The van der Waals surface area contributed by atoms with Crippen molar-refractivity contribution in [1.82, 2.24) is 15.8 Å². The number of rotatable bonds is 6. The second-order valence-electron chi connectivity index (χ2n) is 7.15. The summed E-state index contributed by atoms with van der Waals surface area (Å²) in [7, 11) is 1.80. The Balaban J connectivity index is 0.00000243. The molecule has 1 aromatic heterocycles. The topological polar surface area (TPSA) is 62.5 Å². The summed E-state index contributed by atoms with van der Waals surface area (Å²) in [4.78, 5) is 4.33. The summed E-state index contributed by atoms with van der Waals surface area (Å²) < 4.78 is 5.37. The van der Waals surface area contributed by atoms with Gasteiger partial charge in [-0.15, -0.1) is 24.0 Å². The molecule has 0 atom stereocenters. The number of aliphatic imine (C=N–C) groups is 1. The Bertz CT molecular complexity index is 708. The van der Waals surface area contributed by atoms with Gasteiger partial charge in [-0.1, -0.05) is 55.8 Å². The van der Waals surface area contributed by atoms with Gasteiger partial charge in [0.25, 0.3) is 0 Å². The summed E-state index contributed by atoms with van der Waals surface area (Å²) in [5.74, 6) is 2.00. The van der Waals surface area contributed by atoms with Crippen molar-refractivity contribution in [2.75, 3.05) is 13.6 Å². The maximum absolute atomic E-state index is 5.37. The molecule has 1 fully saturated rings. The van der Waals surface area contributed by atoms with Crippen molar-refractivity contribution < 1.29 is 4.52 Å². The Morgan fingerprint density at radius 1 is 1.23 bits per heavy atom. The summed E-state index contributed by atoms with van der Waals surface area (Å²) in [6, 6.07) is 12.8. The van der Waals surface area contributed by atoms with Crippen LogP contribution in [0.25, 0.3) is 0 Å². The van der Waals surface area contributed by atoms with E-state index in [2.05, 4.69) is 65.0 Å². The highest BCUT2D eigenvalue weighted by atomic mass is 127. The zero-order chi connectivity index (χ0) is 17.7. The second-order valence-corrected chi connectivity index (χ2v) is 7.15. The minimum absolute atomic E-state index is 0. The first-order valence-electron chi connectivity index (χ1n) is 9.08. The minimum Gasteiger partial charge on any atom is -0.359 e. The van der Waals surface area contributed by atoms with E-state index in [1.165, 1.54) is 24.8 Å². The van der Waals surface area contributed by atoms with Crippen molar-refractivity contribution >= 4 is 29.9 Å². The Labute approximate surface area is 173 Å². The molecule has 2 aromatic rings. The Morgan fingerprint density at radius 2 is 1.96 bits per heavy atom. The van der Waals surface area contributed by atoms with E-state index < -0.39 is 0 Å². The first kappa shape index (κ1) is 20.7. The largest absolute Gasteiger partial charge is 0.359 e. The van der Waals surface area contributed by atoms with Crippen LogP contribution < -0.4 is 10.6 Å². The molecule has 3 rings (SSSR count). The number of aromatic nitrogens is 1. The SMILES string of the molecule is CN=C(NCc1cc(C(C)C)no1)NCC1(c2ccccc2)CCC1.I. The van der Waals surface area contributed by atoms with Gasteiger partial charge in [-0.25, -0.2) is 0 Å². The van der Waals surface area contributed by atoms with Crippen LogP contribution in [0.5, 0.6) is 0 Å². The summed E-state index contributed by atoms with van der Waals surface area (Å²) in [5, 5.41) is 10.9. The van der Waals surface area contributed by atoms with Gasteiger partial charge in [0.2, 0.25) is 0 Å². The Morgan fingerprint density at radius 3 is 2.50 bits per heavy atom. The van der Waals surface area contributed by atoms with Crippen molar-refractivity contribution in [2.24, 2.45) is 4.99 Å². The van der Waals surface area contributed by atoms with E-state index in [0.29, 0.717) is 12.5 Å². The normalized spacial score (nSPS) is 15.9. The van der Waals surface area contributed by atoms with E-state index in [-0.39, 0.29) is 29.4 Å². The van der Waals surface area contributed by atoms with Gasteiger partial charge in [0.15, 0.2) is 11.7 Å². The van der Waals surface area contributed by atoms with Gasteiger partial charge in [0.05, 0.1) is 12.2 Å². The monoisotopic (exact) mass is 468 g/mol. The van der Waals surface area contributed by atoms with Crippen LogP contribution in [-0.2, 0) is 12.0 Å². The van der Waals surface area contributed by atoms with Crippen molar-refractivity contribution in [3.63, 3.8) is 0 Å². The fourth-order valence-corrected chi connectivity index (χ4v) is 3.29. The quantitative estimate of drug-likeness (QED) is 0.379. The van der Waals surface area contributed by atoms with Crippen molar-refractivity contribution in [1.29, 1.82) is 0 Å². The van der Waals surface area contributed by atoms with E-state index >= 15 is 0 Å². The molecule has 5 nitrogen and oxygen atoms in total. The van der Waals surface area contributed by atoms with Crippen LogP contribution >= 0.6 is 24.0 Å². The zero-order valence-electron chi connectivity index (χ0n) is 15.8. The molecule has 0 unspecified atom stereocenters. The molecule has 2 N–H and O–H groups in total. The van der Waals surface area contributed by atoms with Crippen molar-refractivity contribution in [3.8, 4) is 0 Å². The highest BCUT2D eigenvalue weighted by molar-refractivity contribution is 14.0. The average Bonchev–Trinajstić information content (AvgIpc) is 3.07. The lowest BCUT2D eigenvalue weighted by Crippen LogP contribution is -2.48. The predicted molar refractivity (Wildman–Crippen MR) is 116 cm³/mol. The van der Waals surface area contributed by atoms with Crippen LogP contribution in [0, 0.1) is 0 Å². The number of nitrogens with zero attached hydrogens (tertiary/aromatic N) is 2. The molecular formula is C20H29IN4O. The number of hydrogen-bond acceptors (Lipinski definition) is 3. The molecule has 1 heterocycles. The van der Waals surface area contributed by atoms with Crippen molar-refractivity contribution in [2.45, 2.75) is 51.0 Å². The molecule has 1 aliphatic carbocycles. The van der Waals surface area contributed by atoms with E-state index in [9.17, 15) is 0 Å². The molecule has 0 aliphatic heterocycles. The van der Waals surface area contributed by atoms with Gasteiger partial charge in [0, 0.05) is 25.1 Å². The Kier molecular flexibility index (Phi) is 7.49. The first-order valence-corrected chi connectivity index (χ1v) is 9.08. The predicted octanol–water partition coefficient (Wildman–Crippen LogP) is 4.20. The molecule has 0 radical (unpaired) electrons. The van der Waals surface area contributed by atoms with Crippen LogP contribution in [0.4, 0.5) is 0 Å². The maximum Gasteiger partial charge on any atom is 0.191 e. The molecule has 0 bridgehead atoms. The summed E-state index contributed by atoms with van der Waals surface area (Å²) >= 11 is 0. The minimum atomic E-state index is 0. The number of nitrogens with one attached hydrogen (secondary N) is 2. The summed E-state index contributed by atoms with van der Waals surface area (Å²) in [6.07, 6.45) is 3.74. The third-order valence-electron chi connectivity index (χ3n) is 5.11. The van der Waals surface area contributed by atoms with Crippen LogP contribution in [-0.4, -0.2) is 24.7 Å². The van der Waals surface area contributed by atoms with Crippen molar-refractivity contribution in [3.05, 3.63) is 53.4 Å². The maximum atomic E-state index is 5.37. The highest BCUT2D eigenvalue weighted by Gasteiger charge is 2.38. The number of hydrogen-bond donors (Lipinski definition) is 2. The third-order valence-corrected chi connectivity index (χ3v) is 5.11. The van der Waals surface area contributed by atoms with E-state index in [4.69, 9.17) is 4.52 Å². The van der Waals surface area contributed by atoms with Crippen LogP contribution in [0.3, 0.4) is 0 Å². The summed E-state index contributed by atoms with van der Waals surface area (Å²) in [5.41, 5.74) is 2.63. The molecule has 0 amide bonds. The summed E-state index contributed by atoms with van der Waals surface area (Å²) in [6.45, 7) is 5.69. The van der Waals surface area contributed by atoms with Gasteiger partial charge in [-0.2, -0.15) is 0 Å². The molecule has 1 aromatic carbocycles. The van der Waals surface area contributed by atoms with E-state index in [1.54, 1.807) is 7.05 Å². The highest BCUT2D eigenvalue weighted by Crippen LogP contribution is 2.43. The lowest BCUT2D eigenvalue weighted by atomic mass is 9.64. The zero-order valence-corrected chi connectivity index (χ0v) is 18.1. The van der Waals surface area contributed by atoms with Crippen LogP contribution in [0.1, 0.15) is 56.0 Å². The van der Waals surface area contributed by atoms with Gasteiger partial charge >= 0.3 is 0 Å². The number of guanidine groups is 1. The molecule has 1 saturated carbocycles. The smallest absolute Gasteiger partial charge is 0.191 e. The van der Waals surface area contributed by atoms with Gasteiger partial charge in [0.1, 0.15) is 0 Å². The first-order chi connectivity index (χ1) is 12.1. The Hall–Kier alpha value is -1.57. The molecule has 142 valence electrons. The standard InChI is InChI=1S/C20H28N4O.HI/c1-15(2)18-12-17(25-24-18)13-22-19(21-3)23-14-20(10-7-11-20)16-8-5-4-6-9-16;/h4-6,8-9,12,15H,7,10-11,13-14H2,1-3H3,(H2,21,22,23);1H. The number of benzene rings is 1. The fraction of sp³-hybridized carbons (Fsp3) is 0.500. The molecule has 0 saturated heterocycles. The fourth-order valence-electron chi connectivity index (χ4n) is 3.29. The van der Waals surface area contributed by atoms with Gasteiger partial charge < -0.3 is 15.2 Å². The molecule has 26 heavy (non-hydrogen) atoms. The van der Waals surface area contributed by atoms with Crippen LogP contribution in [0.2, 0.25) is 0 Å². The lowest BCUT2D eigenvalue weighted by molar-refractivity contribution is 0.243. The van der Waals surface area contributed by atoms with E-state index in [1.807, 2.05) is 6.07 Å². The second kappa shape index (κ2) is 9.39. The van der Waals surface area contributed by atoms with Gasteiger partial charge in [-0.3, -0.25) is 4.99 Å². The third kappa shape index (κ3) is 4.78. The average molecular weight is 468 g/mol. The molecule has 1 aliphatic rings. The lowest BCUT2D eigenvalue weighted by Gasteiger charge is -2.43. The van der Waals surface area contributed by atoms with Gasteiger partial charge in [-0.05, 0) is 24.3 Å².